The average Bonchev–Trinajstić information content (AvgIpc) is 3.40. The molecule has 4 nitrogen and oxygen atoms in total. The van der Waals surface area contributed by atoms with Gasteiger partial charge in [-0.05, 0) is 66.3 Å². The highest BCUT2D eigenvalue weighted by Crippen LogP contribution is 2.40. The Bertz CT molecular complexity index is 1180. The monoisotopic (exact) mass is 488 g/mol. The highest BCUT2D eigenvalue weighted by molar-refractivity contribution is 9.10. The van der Waals surface area contributed by atoms with Gasteiger partial charge < -0.3 is 14.8 Å². The third-order valence-electron chi connectivity index (χ3n) is 5.58. The summed E-state index contributed by atoms with van der Waals surface area (Å²) < 4.78 is 3.30. The SMILES string of the molecule is S=C1N[C@@H](c2ccccn2)[C@@H](c2cccn2-c2ccc(Br)cc2)N1Cc1ccccc1. The van der Waals surface area contributed by atoms with Crippen LogP contribution in [-0.2, 0) is 6.54 Å². The van der Waals surface area contributed by atoms with Gasteiger partial charge in [0.2, 0.25) is 0 Å². The van der Waals surface area contributed by atoms with Crippen LogP contribution in [0.15, 0.2) is 102 Å². The molecule has 154 valence electrons. The molecular formula is C25H21BrN4S. The minimum Gasteiger partial charge on any atom is -0.352 e. The van der Waals surface area contributed by atoms with Crippen LogP contribution in [0.2, 0.25) is 0 Å². The van der Waals surface area contributed by atoms with Gasteiger partial charge in [0.25, 0.3) is 0 Å². The van der Waals surface area contributed by atoms with Gasteiger partial charge in [-0.1, -0.05) is 52.3 Å². The number of aromatic nitrogens is 2. The van der Waals surface area contributed by atoms with E-state index in [4.69, 9.17) is 12.2 Å². The molecule has 1 fully saturated rings. The van der Waals surface area contributed by atoms with Crippen LogP contribution in [0.25, 0.3) is 5.69 Å². The molecule has 31 heavy (non-hydrogen) atoms. The van der Waals surface area contributed by atoms with Crippen LogP contribution < -0.4 is 5.32 Å². The molecule has 0 radical (unpaired) electrons. The largest absolute Gasteiger partial charge is 0.352 e. The van der Waals surface area contributed by atoms with E-state index in [-0.39, 0.29) is 12.1 Å². The molecule has 0 saturated carbocycles. The number of nitrogens with zero attached hydrogens (tertiary/aromatic N) is 3. The molecule has 2 aromatic carbocycles. The lowest BCUT2D eigenvalue weighted by Gasteiger charge is -2.29. The van der Waals surface area contributed by atoms with Crippen molar-refractivity contribution in [3.05, 3.63) is 119 Å². The zero-order valence-electron chi connectivity index (χ0n) is 16.7. The van der Waals surface area contributed by atoms with Gasteiger partial charge in [-0.2, -0.15) is 0 Å². The third kappa shape index (κ3) is 4.01. The van der Waals surface area contributed by atoms with E-state index in [0.29, 0.717) is 0 Å². The molecule has 1 N–H and O–H groups in total. The maximum absolute atomic E-state index is 5.82. The fraction of sp³-hybridized carbons (Fsp3) is 0.120. The topological polar surface area (TPSA) is 33.1 Å². The van der Waals surface area contributed by atoms with Crippen LogP contribution in [0.1, 0.15) is 29.0 Å². The lowest BCUT2D eigenvalue weighted by atomic mass is 10.0. The summed E-state index contributed by atoms with van der Waals surface area (Å²) in [4.78, 5) is 6.92. The second kappa shape index (κ2) is 8.65. The van der Waals surface area contributed by atoms with Gasteiger partial charge in [-0.15, -0.1) is 0 Å². The van der Waals surface area contributed by atoms with Gasteiger partial charge in [-0.25, -0.2) is 0 Å². The number of hydrogen-bond acceptors (Lipinski definition) is 2. The molecule has 0 amide bonds. The van der Waals surface area contributed by atoms with Crippen LogP contribution in [-0.4, -0.2) is 19.6 Å². The quantitative estimate of drug-likeness (QED) is 0.359. The number of hydrogen-bond donors (Lipinski definition) is 1. The van der Waals surface area contributed by atoms with Crippen LogP contribution in [0, 0.1) is 0 Å². The lowest BCUT2D eigenvalue weighted by molar-refractivity contribution is 0.302. The first-order valence-electron chi connectivity index (χ1n) is 10.2. The standard InChI is InChI=1S/C25H21BrN4S/c26-19-11-13-20(14-12-19)29-16-6-10-22(29)24-23(21-9-4-5-15-27-21)28-25(31)30(24)17-18-7-2-1-3-8-18/h1-16,23-24H,17H2,(H,28,31)/t23-,24+/m0/s1. The molecule has 2 atom stereocenters. The predicted octanol–water partition coefficient (Wildman–Crippen LogP) is 5.81. The Labute approximate surface area is 195 Å². The van der Waals surface area contributed by atoms with Gasteiger partial charge in [0.05, 0.1) is 17.8 Å². The molecule has 4 aromatic rings. The molecule has 3 heterocycles. The number of pyridine rings is 1. The normalized spacial score (nSPS) is 18.2. The van der Waals surface area contributed by atoms with Crippen molar-refractivity contribution in [3.8, 4) is 5.69 Å². The third-order valence-corrected chi connectivity index (χ3v) is 6.46. The number of nitrogens with one attached hydrogen (secondary N) is 1. The lowest BCUT2D eigenvalue weighted by Crippen LogP contribution is -2.30. The highest BCUT2D eigenvalue weighted by atomic mass is 79.9. The van der Waals surface area contributed by atoms with E-state index in [0.717, 1.165) is 27.5 Å². The molecule has 2 aromatic heterocycles. The zero-order chi connectivity index (χ0) is 21.2. The summed E-state index contributed by atoms with van der Waals surface area (Å²) in [5.41, 5.74) is 4.48. The molecule has 0 unspecified atom stereocenters. The van der Waals surface area contributed by atoms with Crippen molar-refractivity contribution < 1.29 is 0 Å². The summed E-state index contributed by atoms with van der Waals surface area (Å²) in [6.07, 6.45) is 3.95. The number of thiocarbonyl (C=S) groups is 1. The van der Waals surface area contributed by atoms with Crippen molar-refractivity contribution in [1.29, 1.82) is 0 Å². The fourth-order valence-corrected chi connectivity index (χ4v) is 4.72. The van der Waals surface area contributed by atoms with E-state index in [9.17, 15) is 0 Å². The maximum atomic E-state index is 5.82. The van der Waals surface area contributed by atoms with Crippen LogP contribution in [0.5, 0.6) is 0 Å². The van der Waals surface area contributed by atoms with Crippen LogP contribution in [0.3, 0.4) is 0 Å². The number of halogens is 1. The molecular weight excluding hydrogens is 468 g/mol. The minimum atomic E-state index is -0.0403. The average molecular weight is 489 g/mol. The first-order valence-corrected chi connectivity index (χ1v) is 11.4. The Morgan fingerprint density at radius 3 is 2.42 bits per heavy atom. The summed E-state index contributed by atoms with van der Waals surface area (Å²) in [6.45, 7) is 0.728. The Hall–Kier alpha value is -2.96. The van der Waals surface area contributed by atoms with Crippen molar-refractivity contribution in [2.75, 3.05) is 0 Å². The second-order valence-electron chi connectivity index (χ2n) is 7.52. The molecule has 0 spiro atoms. The van der Waals surface area contributed by atoms with Crippen molar-refractivity contribution in [2.24, 2.45) is 0 Å². The van der Waals surface area contributed by atoms with E-state index in [2.05, 4.69) is 109 Å². The minimum absolute atomic E-state index is 0.00116. The Morgan fingerprint density at radius 1 is 0.903 bits per heavy atom. The van der Waals surface area contributed by atoms with Crippen molar-refractivity contribution in [3.63, 3.8) is 0 Å². The van der Waals surface area contributed by atoms with Gasteiger partial charge in [0.1, 0.15) is 0 Å². The number of rotatable bonds is 5. The molecule has 1 aliphatic rings. The van der Waals surface area contributed by atoms with Gasteiger partial charge >= 0.3 is 0 Å². The van der Waals surface area contributed by atoms with Gasteiger partial charge in [0.15, 0.2) is 5.11 Å². The molecule has 1 aliphatic heterocycles. The van der Waals surface area contributed by atoms with Crippen molar-refractivity contribution in [1.82, 2.24) is 19.8 Å². The first-order chi connectivity index (χ1) is 15.2. The summed E-state index contributed by atoms with van der Waals surface area (Å²) in [7, 11) is 0. The molecule has 6 heteroatoms. The van der Waals surface area contributed by atoms with E-state index < -0.39 is 0 Å². The van der Waals surface area contributed by atoms with Crippen LogP contribution in [0.4, 0.5) is 0 Å². The Kier molecular flexibility index (Phi) is 5.57. The van der Waals surface area contributed by atoms with Crippen molar-refractivity contribution in [2.45, 2.75) is 18.6 Å². The van der Waals surface area contributed by atoms with Gasteiger partial charge in [0, 0.05) is 34.8 Å². The molecule has 1 saturated heterocycles. The summed E-state index contributed by atoms with van der Waals surface area (Å²) in [6, 6.07) is 29.1. The molecule has 0 aliphatic carbocycles. The fourth-order valence-electron chi connectivity index (χ4n) is 4.15. The van der Waals surface area contributed by atoms with E-state index >= 15 is 0 Å². The summed E-state index contributed by atoms with van der Waals surface area (Å²) in [5, 5.41) is 4.28. The highest BCUT2D eigenvalue weighted by Gasteiger charge is 2.41. The predicted molar refractivity (Wildman–Crippen MR) is 131 cm³/mol. The van der Waals surface area contributed by atoms with E-state index in [1.165, 1.54) is 11.3 Å². The van der Waals surface area contributed by atoms with E-state index in [1.807, 2.05) is 24.4 Å². The summed E-state index contributed by atoms with van der Waals surface area (Å²) in [5.74, 6) is 0. The first kappa shape index (κ1) is 20.0. The molecule has 0 bridgehead atoms. The maximum Gasteiger partial charge on any atom is 0.170 e. The van der Waals surface area contributed by atoms with Crippen LogP contribution >= 0.6 is 28.1 Å². The Balaban J connectivity index is 1.60. The smallest absolute Gasteiger partial charge is 0.170 e. The van der Waals surface area contributed by atoms with Crippen molar-refractivity contribution >= 4 is 33.3 Å². The summed E-state index contributed by atoms with van der Waals surface area (Å²) >= 11 is 9.35. The van der Waals surface area contributed by atoms with E-state index in [1.54, 1.807) is 0 Å². The van der Waals surface area contributed by atoms with Gasteiger partial charge in [-0.3, -0.25) is 4.98 Å². The zero-order valence-corrected chi connectivity index (χ0v) is 19.1. The Morgan fingerprint density at radius 2 is 1.68 bits per heavy atom. The second-order valence-corrected chi connectivity index (χ2v) is 8.82. The number of benzene rings is 2. The molecule has 5 rings (SSSR count).